The lowest BCUT2D eigenvalue weighted by molar-refractivity contribution is 0.0628. The van der Waals surface area contributed by atoms with Gasteiger partial charge in [-0.2, -0.15) is 0 Å². The van der Waals surface area contributed by atoms with Crippen molar-refractivity contribution in [3.8, 4) is 0 Å². The van der Waals surface area contributed by atoms with Crippen LogP contribution in [0.2, 0.25) is 0 Å². The number of hydrogen-bond donors (Lipinski definition) is 0. The number of benzene rings is 1. The molecule has 22 heavy (non-hydrogen) atoms. The number of likely N-dealkylation sites (tertiary alicyclic amines) is 1. The monoisotopic (exact) mass is 300 g/mol. The van der Waals surface area contributed by atoms with Gasteiger partial charge in [-0.15, -0.1) is 6.58 Å². The van der Waals surface area contributed by atoms with Crippen LogP contribution < -0.4 is 0 Å². The van der Waals surface area contributed by atoms with Crippen molar-refractivity contribution in [3.05, 3.63) is 59.0 Å². The van der Waals surface area contributed by atoms with Crippen molar-refractivity contribution in [3.63, 3.8) is 0 Å². The molecule has 0 saturated carbocycles. The number of ether oxygens (including phenoxy) is 1. The average Bonchev–Trinajstić information content (AvgIpc) is 2.55. The first-order valence-electron chi connectivity index (χ1n) is 7.38. The molecule has 2 atom stereocenters. The van der Waals surface area contributed by atoms with E-state index in [2.05, 4.69) is 16.6 Å². The Labute approximate surface area is 130 Å². The fraction of sp³-hybridized carbons (Fsp3) is 0.438. The Morgan fingerprint density at radius 2 is 2.27 bits per heavy atom. The average molecular weight is 300 g/mol. The molecule has 1 aromatic rings. The van der Waals surface area contributed by atoms with Crippen LogP contribution in [-0.2, 0) is 11.3 Å². The molecule has 2 unspecified atom stereocenters. The maximum Gasteiger partial charge on any atom is 0.410 e. The van der Waals surface area contributed by atoms with Gasteiger partial charge >= 0.3 is 6.09 Å². The highest BCUT2D eigenvalue weighted by Crippen LogP contribution is 2.24. The fourth-order valence-electron chi connectivity index (χ4n) is 2.72. The van der Waals surface area contributed by atoms with Crippen molar-refractivity contribution < 1.29 is 9.53 Å². The summed E-state index contributed by atoms with van der Waals surface area (Å²) in [6.45, 7) is 4.58. The van der Waals surface area contributed by atoms with Crippen LogP contribution in [0.3, 0.4) is 0 Å². The molecule has 1 aliphatic heterocycles. The van der Waals surface area contributed by atoms with Crippen LogP contribution in [0, 0.1) is 0 Å². The lowest BCUT2D eigenvalue weighted by Crippen LogP contribution is -2.50. The van der Waals surface area contributed by atoms with E-state index < -0.39 is 0 Å². The van der Waals surface area contributed by atoms with Gasteiger partial charge in [0.2, 0.25) is 0 Å². The van der Waals surface area contributed by atoms with Gasteiger partial charge in [-0.1, -0.05) is 41.5 Å². The fourth-order valence-corrected chi connectivity index (χ4v) is 2.72. The van der Waals surface area contributed by atoms with Crippen LogP contribution in [0.25, 0.3) is 10.4 Å². The largest absolute Gasteiger partial charge is 0.445 e. The number of carbonyl (C=O) groups is 1. The third-order valence-electron chi connectivity index (χ3n) is 3.79. The molecular weight excluding hydrogens is 280 g/mol. The number of rotatable bonds is 5. The molecule has 1 heterocycles. The summed E-state index contributed by atoms with van der Waals surface area (Å²) in [6, 6.07) is 9.15. The van der Waals surface area contributed by atoms with Crippen LogP contribution in [0.5, 0.6) is 0 Å². The predicted molar refractivity (Wildman–Crippen MR) is 84.1 cm³/mol. The Morgan fingerprint density at radius 3 is 2.95 bits per heavy atom. The second-order valence-corrected chi connectivity index (χ2v) is 5.24. The van der Waals surface area contributed by atoms with Crippen molar-refractivity contribution in [2.45, 2.75) is 38.0 Å². The third kappa shape index (κ3) is 4.02. The maximum absolute atomic E-state index is 12.3. The lowest BCUT2D eigenvalue weighted by Gasteiger charge is -2.38. The van der Waals surface area contributed by atoms with E-state index in [1.54, 1.807) is 11.0 Å². The molecule has 0 bridgehead atoms. The lowest BCUT2D eigenvalue weighted by atomic mass is 9.95. The van der Waals surface area contributed by atoms with E-state index >= 15 is 0 Å². The number of amides is 1. The van der Waals surface area contributed by atoms with E-state index in [0.717, 1.165) is 18.4 Å². The zero-order valence-electron chi connectivity index (χ0n) is 12.5. The topological polar surface area (TPSA) is 78.3 Å². The Bertz CT molecular complexity index is 555. The molecule has 0 radical (unpaired) electrons. The molecule has 116 valence electrons. The Kier molecular flexibility index (Phi) is 5.86. The van der Waals surface area contributed by atoms with Gasteiger partial charge in [-0.25, -0.2) is 4.79 Å². The van der Waals surface area contributed by atoms with Crippen LogP contribution in [0.1, 0.15) is 24.8 Å². The minimum Gasteiger partial charge on any atom is -0.445 e. The van der Waals surface area contributed by atoms with Crippen LogP contribution in [0.15, 0.2) is 48.1 Å². The van der Waals surface area contributed by atoms with Gasteiger partial charge in [0, 0.05) is 17.5 Å². The van der Waals surface area contributed by atoms with Crippen molar-refractivity contribution >= 4 is 6.09 Å². The van der Waals surface area contributed by atoms with Crippen LogP contribution in [-0.4, -0.2) is 29.6 Å². The van der Waals surface area contributed by atoms with Crippen molar-refractivity contribution in [1.82, 2.24) is 4.90 Å². The van der Waals surface area contributed by atoms with Gasteiger partial charge in [0.05, 0.1) is 6.04 Å². The quantitative estimate of drug-likeness (QED) is 0.356. The summed E-state index contributed by atoms with van der Waals surface area (Å²) in [4.78, 5) is 16.9. The summed E-state index contributed by atoms with van der Waals surface area (Å²) in [5, 5.41) is 3.82. The summed E-state index contributed by atoms with van der Waals surface area (Å²) in [5.41, 5.74) is 9.62. The smallest absolute Gasteiger partial charge is 0.410 e. The standard InChI is InChI=1S/C16H20N4O2/c1-2-7-15-14(18-19-17)10-6-11-20(15)16(21)22-12-13-8-4-3-5-9-13/h2-5,8-9,14-15H,1,6-7,10-12H2. The summed E-state index contributed by atoms with van der Waals surface area (Å²) in [5.74, 6) is 0. The molecule has 0 N–H and O–H groups in total. The maximum atomic E-state index is 12.3. The van der Waals surface area contributed by atoms with Gasteiger partial charge < -0.3 is 9.64 Å². The van der Waals surface area contributed by atoms with E-state index in [9.17, 15) is 4.79 Å². The number of nitrogens with zero attached hydrogens (tertiary/aromatic N) is 4. The van der Waals surface area contributed by atoms with Gasteiger partial charge in [-0.05, 0) is 30.4 Å². The Morgan fingerprint density at radius 1 is 1.50 bits per heavy atom. The van der Waals surface area contributed by atoms with E-state index in [1.807, 2.05) is 30.3 Å². The molecule has 1 amide bonds. The zero-order valence-corrected chi connectivity index (χ0v) is 12.5. The minimum absolute atomic E-state index is 0.176. The molecule has 0 aliphatic carbocycles. The molecule has 0 spiro atoms. The second-order valence-electron chi connectivity index (χ2n) is 5.24. The van der Waals surface area contributed by atoms with Crippen molar-refractivity contribution in [1.29, 1.82) is 0 Å². The van der Waals surface area contributed by atoms with Crippen LogP contribution >= 0.6 is 0 Å². The van der Waals surface area contributed by atoms with E-state index in [1.165, 1.54) is 0 Å². The minimum atomic E-state index is -0.367. The van der Waals surface area contributed by atoms with E-state index in [0.29, 0.717) is 13.0 Å². The SMILES string of the molecule is C=CCC1C(N=[N+]=[N-])CCCN1C(=O)OCc1ccccc1. The number of carbonyl (C=O) groups excluding carboxylic acids is 1. The van der Waals surface area contributed by atoms with Gasteiger partial charge in [-0.3, -0.25) is 0 Å². The molecule has 1 aromatic carbocycles. The number of azide groups is 1. The highest BCUT2D eigenvalue weighted by atomic mass is 16.6. The third-order valence-corrected chi connectivity index (χ3v) is 3.79. The molecular formula is C16H20N4O2. The second kappa shape index (κ2) is 8.10. The first-order chi connectivity index (χ1) is 10.8. The molecule has 0 aromatic heterocycles. The highest BCUT2D eigenvalue weighted by molar-refractivity contribution is 5.68. The zero-order chi connectivity index (χ0) is 15.8. The van der Waals surface area contributed by atoms with E-state index in [-0.39, 0.29) is 24.8 Å². The highest BCUT2D eigenvalue weighted by Gasteiger charge is 2.33. The summed E-state index contributed by atoms with van der Waals surface area (Å²) in [7, 11) is 0. The molecule has 6 nitrogen and oxygen atoms in total. The normalized spacial score (nSPS) is 20.8. The molecule has 1 fully saturated rings. The molecule has 1 aliphatic rings. The summed E-state index contributed by atoms with van der Waals surface area (Å²) >= 11 is 0. The summed E-state index contributed by atoms with van der Waals surface area (Å²) in [6.07, 6.45) is 3.55. The van der Waals surface area contributed by atoms with Crippen molar-refractivity contribution in [2.24, 2.45) is 5.11 Å². The molecule has 1 saturated heterocycles. The number of piperidine rings is 1. The van der Waals surface area contributed by atoms with Gasteiger partial charge in [0.25, 0.3) is 0 Å². The van der Waals surface area contributed by atoms with Crippen molar-refractivity contribution in [2.75, 3.05) is 6.54 Å². The predicted octanol–water partition coefficient (Wildman–Crippen LogP) is 4.04. The Balaban J connectivity index is 2.02. The van der Waals surface area contributed by atoms with E-state index in [4.69, 9.17) is 10.3 Å². The van der Waals surface area contributed by atoms with Gasteiger partial charge in [0.1, 0.15) is 6.61 Å². The molecule has 6 heteroatoms. The Hall–Kier alpha value is -2.46. The summed E-state index contributed by atoms with van der Waals surface area (Å²) < 4.78 is 5.39. The molecule has 2 rings (SSSR count). The van der Waals surface area contributed by atoms with Crippen LogP contribution in [0.4, 0.5) is 4.79 Å². The first kappa shape index (κ1) is 15.9. The first-order valence-corrected chi connectivity index (χ1v) is 7.38. The number of hydrogen-bond acceptors (Lipinski definition) is 3. The van der Waals surface area contributed by atoms with Gasteiger partial charge in [0.15, 0.2) is 0 Å².